The van der Waals surface area contributed by atoms with Gasteiger partial charge < -0.3 is 10.2 Å². The molecule has 1 saturated heterocycles. The molecule has 106 valence electrons. The lowest BCUT2D eigenvalue weighted by Gasteiger charge is -2.33. The average Bonchev–Trinajstić information content (AvgIpc) is 2.41. The van der Waals surface area contributed by atoms with E-state index in [2.05, 4.69) is 36.0 Å². The molecule has 1 fully saturated rings. The minimum atomic E-state index is 0.760. The minimum absolute atomic E-state index is 0.760. The highest BCUT2D eigenvalue weighted by Gasteiger charge is 2.21. The van der Waals surface area contributed by atoms with Crippen LogP contribution in [0.25, 0.3) is 0 Å². The van der Waals surface area contributed by atoms with Gasteiger partial charge in [-0.05, 0) is 32.1 Å². The maximum absolute atomic E-state index is 4.80. The van der Waals surface area contributed by atoms with E-state index in [4.69, 9.17) is 4.98 Å². The van der Waals surface area contributed by atoms with Crippen molar-refractivity contribution in [3.05, 3.63) is 11.4 Å². The van der Waals surface area contributed by atoms with Crippen LogP contribution in [-0.4, -0.2) is 30.1 Å². The van der Waals surface area contributed by atoms with Crippen LogP contribution in [0.15, 0.2) is 0 Å². The van der Waals surface area contributed by atoms with E-state index >= 15 is 0 Å². The molecular weight excluding hydrogens is 236 g/mol. The van der Waals surface area contributed by atoms with Gasteiger partial charge in [-0.2, -0.15) is 0 Å². The van der Waals surface area contributed by atoms with Crippen LogP contribution in [0.1, 0.15) is 44.5 Å². The molecule has 1 N–H and O–H groups in total. The SMILES string of the molecule is CCCc1nc(NC)c(C)c(N2CCCC(C)C2)n1. The first-order valence-corrected chi connectivity index (χ1v) is 7.45. The van der Waals surface area contributed by atoms with Gasteiger partial charge >= 0.3 is 0 Å². The second-order valence-corrected chi connectivity index (χ2v) is 5.63. The Morgan fingerprint density at radius 2 is 2.16 bits per heavy atom. The molecule has 0 radical (unpaired) electrons. The number of nitrogens with one attached hydrogen (secondary N) is 1. The monoisotopic (exact) mass is 262 g/mol. The van der Waals surface area contributed by atoms with Crippen LogP contribution < -0.4 is 10.2 Å². The van der Waals surface area contributed by atoms with E-state index in [1.807, 2.05) is 7.05 Å². The van der Waals surface area contributed by atoms with Crippen molar-refractivity contribution < 1.29 is 0 Å². The zero-order valence-corrected chi connectivity index (χ0v) is 12.7. The van der Waals surface area contributed by atoms with E-state index in [9.17, 15) is 0 Å². The molecule has 2 heterocycles. The van der Waals surface area contributed by atoms with E-state index in [1.165, 1.54) is 18.4 Å². The van der Waals surface area contributed by atoms with Crippen LogP contribution in [0.4, 0.5) is 11.6 Å². The van der Waals surface area contributed by atoms with Gasteiger partial charge in [-0.25, -0.2) is 9.97 Å². The van der Waals surface area contributed by atoms with Gasteiger partial charge in [0.15, 0.2) is 0 Å². The molecule has 1 aliphatic rings. The lowest BCUT2D eigenvalue weighted by Crippen LogP contribution is -2.35. The average molecular weight is 262 g/mol. The molecule has 1 unspecified atom stereocenters. The van der Waals surface area contributed by atoms with Crippen molar-refractivity contribution in [2.75, 3.05) is 30.4 Å². The highest BCUT2D eigenvalue weighted by molar-refractivity contribution is 5.58. The van der Waals surface area contributed by atoms with Crippen molar-refractivity contribution in [3.8, 4) is 0 Å². The largest absolute Gasteiger partial charge is 0.373 e. The number of nitrogens with zero attached hydrogens (tertiary/aromatic N) is 3. The minimum Gasteiger partial charge on any atom is -0.373 e. The van der Waals surface area contributed by atoms with Crippen molar-refractivity contribution in [3.63, 3.8) is 0 Å². The third-order valence-electron chi connectivity index (χ3n) is 3.83. The second-order valence-electron chi connectivity index (χ2n) is 5.63. The summed E-state index contributed by atoms with van der Waals surface area (Å²) >= 11 is 0. The van der Waals surface area contributed by atoms with Gasteiger partial charge in [-0.1, -0.05) is 13.8 Å². The number of hydrogen-bond acceptors (Lipinski definition) is 4. The standard InChI is InChI=1S/C15H26N4/c1-5-7-13-17-14(16-4)12(3)15(18-13)19-9-6-8-11(2)10-19/h11H,5-10H2,1-4H3,(H,16,17,18). The van der Waals surface area contributed by atoms with Crippen molar-refractivity contribution >= 4 is 11.6 Å². The third kappa shape index (κ3) is 3.17. The summed E-state index contributed by atoms with van der Waals surface area (Å²) in [6, 6.07) is 0. The van der Waals surface area contributed by atoms with Gasteiger partial charge in [0, 0.05) is 32.1 Å². The van der Waals surface area contributed by atoms with Crippen LogP contribution in [0.3, 0.4) is 0 Å². The Balaban J connectivity index is 2.33. The molecule has 0 spiro atoms. The first-order chi connectivity index (χ1) is 9.15. The molecule has 0 aliphatic carbocycles. The molecule has 0 bridgehead atoms. The quantitative estimate of drug-likeness (QED) is 0.905. The number of anilines is 2. The fourth-order valence-corrected chi connectivity index (χ4v) is 2.82. The van der Waals surface area contributed by atoms with Gasteiger partial charge in [-0.15, -0.1) is 0 Å². The topological polar surface area (TPSA) is 41.1 Å². The van der Waals surface area contributed by atoms with Crippen molar-refractivity contribution in [1.29, 1.82) is 0 Å². The summed E-state index contributed by atoms with van der Waals surface area (Å²) < 4.78 is 0. The number of aromatic nitrogens is 2. The molecule has 0 saturated carbocycles. The Morgan fingerprint density at radius 3 is 2.79 bits per heavy atom. The van der Waals surface area contributed by atoms with Crippen LogP contribution in [0, 0.1) is 12.8 Å². The zero-order chi connectivity index (χ0) is 13.8. The highest BCUT2D eigenvalue weighted by atomic mass is 15.2. The Labute approximate surface area is 116 Å². The normalized spacial score (nSPS) is 19.6. The molecule has 4 heteroatoms. The van der Waals surface area contributed by atoms with E-state index in [-0.39, 0.29) is 0 Å². The van der Waals surface area contributed by atoms with Gasteiger partial charge in [0.25, 0.3) is 0 Å². The predicted octanol–water partition coefficient (Wildman–Crippen LogP) is 3.02. The molecule has 0 amide bonds. The summed E-state index contributed by atoms with van der Waals surface area (Å²) in [5.74, 6) is 3.84. The zero-order valence-electron chi connectivity index (χ0n) is 12.7. The fraction of sp³-hybridized carbons (Fsp3) is 0.733. The number of aryl methyl sites for hydroxylation is 1. The van der Waals surface area contributed by atoms with Crippen molar-refractivity contribution in [1.82, 2.24) is 9.97 Å². The van der Waals surface area contributed by atoms with Crippen LogP contribution >= 0.6 is 0 Å². The molecule has 4 nitrogen and oxygen atoms in total. The number of piperidine rings is 1. The van der Waals surface area contributed by atoms with Gasteiger partial charge in [-0.3, -0.25) is 0 Å². The lowest BCUT2D eigenvalue weighted by atomic mass is 10.00. The fourth-order valence-electron chi connectivity index (χ4n) is 2.82. The molecule has 0 aromatic carbocycles. The Bertz CT molecular complexity index is 430. The Hall–Kier alpha value is -1.32. The number of rotatable bonds is 4. The number of hydrogen-bond donors (Lipinski definition) is 1. The molecule has 1 aromatic heterocycles. The summed E-state index contributed by atoms with van der Waals surface area (Å²) in [7, 11) is 1.94. The van der Waals surface area contributed by atoms with E-state index in [1.54, 1.807) is 0 Å². The smallest absolute Gasteiger partial charge is 0.137 e. The maximum atomic E-state index is 4.80. The third-order valence-corrected chi connectivity index (χ3v) is 3.83. The van der Waals surface area contributed by atoms with E-state index < -0.39 is 0 Å². The van der Waals surface area contributed by atoms with Gasteiger partial charge in [0.2, 0.25) is 0 Å². The lowest BCUT2D eigenvalue weighted by molar-refractivity contribution is 0.443. The van der Waals surface area contributed by atoms with Crippen LogP contribution in [0.2, 0.25) is 0 Å². The molecule has 1 aromatic rings. The van der Waals surface area contributed by atoms with Crippen molar-refractivity contribution in [2.24, 2.45) is 5.92 Å². The molecule has 19 heavy (non-hydrogen) atoms. The van der Waals surface area contributed by atoms with Crippen LogP contribution in [-0.2, 0) is 6.42 Å². The summed E-state index contributed by atoms with van der Waals surface area (Å²) in [5, 5.41) is 3.21. The van der Waals surface area contributed by atoms with E-state index in [0.29, 0.717) is 0 Å². The first-order valence-electron chi connectivity index (χ1n) is 7.45. The second kappa shape index (κ2) is 6.22. The molecule has 1 aliphatic heterocycles. The summed E-state index contributed by atoms with van der Waals surface area (Å²) in [5.41, 5.74) is 1.18. The highest BCUT2D eigenvalue weighted by Crippen LogP contribution is 2.27. The Morgan fingerprint density at radius 1 is 1.37 bits per heavy atom. The molecule has 1 atom stereocenters. The van der Waals surface area contributed by atoms with Gasteiger partial charge in [0.05, 0.1) is 0 Å². The summed E-state index contributed by atoms with van der Waals surface area (Å²) in [6.07, 6.45) is 4.64. The predicted molar refractivity (Wildman–Crippen MR) is 80.9 cm³/mol. The summed E-state index contributed by atoms with van der Waals surface area (Å²) in [6.45, 7) is 8.86. The summed E-state index contributed by atoms with van der Waals surface area (Å²) in [4.78, 5) is 11.8. The maximum Gasteiger partial charge on any atom is 0.137 e. The van der Waals surface area contributed by atoms with Crippen LogP contribution in [0.5, 0.6) is 0 Å². The van der Waals surface area contributed by atoms with Crippen molar-refractivity contribution in [2.45, 2.75) is 46.5 Å². The van der Waals surface area contributed by atoms with Gasteiger partial charge in [0.1, 0.15) is 17.5 Å². The first kappa shape index (κ1) is 14.1. The van der Waals surface area contributed by atoms with E-state index in [0.717, 1.165) is 49.3 Å². The molecular formula is C15H26N4. The molecule has 2 rings (SSSR count). The Kier molecular flexibility index (Phi) is 4.61.